The molecule has 0 aromatic carbocycles. The third kappa shape index (κ3) is 20.2. The predicted octanol–water partition coefficient (Wildman–Crippen LogP) is 5.70. The molecular formula is C19H41O5P. The lowest BCUT2D eigenvalue weighted by Gasteiger charge is -2.24. The molecule has 0 saturated heterocycles. The zero-order valence-corrected chi connectivity index (χ0v) is 17.9. The second kappa shape index (κ2) is 12.5. The highest BCUT2D eigenvalue weighted by molar-refractivity contribution is 7.46. The Bertz CT molecular complexity index is 371. The van der Waals surface area contributed by atoms with Gasteiger partial charge in [0, 0.05) is 13.2 Å². The summed E-state index contributed by atoms with van der Waals surface area (Å²) in [6.45, 7) is 13.2. The van der Waals surface area contributed by atoms with Crippen LogP contribution in [0.2, 0.25) is 0 Å². The maximum atomic E-state index is 10.6. The van der Waals surface area contributed by atoms with Crippen molar-refractivity contribution >= 4 is 7.82 Å². The van der Waals surface area contributed by atoms with Crippen molar-refractivity contribution in [3.63, 3.8) is 0 Å². The maximum Gasteiger partial charge on any atom is 0.469 e. The highest BCUT2D eigenvalue weighted by Gasteiger charge is 2.18. The summed E-state index contributed by atoms with van der Waals surface area (Å²) in [6, 6.07) is 0. The van der Waals surface area contributed by atoms with Crippen LogP contribution in [0.3, 0.4) is 0 Å². The molecule has 0 unspecified atom stereocenters. The molecule has 0 bridgehead atoms. The van der Waals surface area contributed by atoms with Gasteiger partial charge in [-0.2, -0.15) is 0 Å². The van der Waals surface area contributed by atoms with E-state index < -0.39 is 7.82 Å². The van der Waals surface area contributed by atoms with E-state index in [1.54, 1.807) is 0 Å². The fourth-order valence-electron chi connectivity index (χ4n) is 2.78. The van der Waals surface area contributed by atoms with Gasteiger partial charge in [0.05, 0.1) is 6.61 Å². The van der Waals surface area contributed by atoms with Crippen LogP contribution in [0.5, 0.6) is 0 Å². The largest absolute Gasteiger partial charge is 0.469 e. The summed E-state index contributed by atoms with van der Waals surface area (Å²) in [7, 11) is -4.30. The van der Waals surface area contributed by atoms with E-state index >= 15 is 0 Å². The Morgan fingerprint density at radius 3 is 1.60 bits per heavy atom. The first-order valence-corrected chi connectivity index (χ1v) is 11.2. The van der Waals surface area contributed by atoms with Gasteiger partial charge in [-0.25, -0.2) is 4.57 Å². The maximum absolute atomic E-state index is 10.6. The van der Waals surface area contributed by atoms with Crippen LogP contribution in [-0.2, 0) is 13.8 Å². The zero-order valence-electron chi connectivity index (χ0n) is 17.1. The number of hydrogen-bond acceptors (Lipinski definition) is 3. The molecule has 0 aliphatic rings. The van der Waals surface area contributed by atoms with Gasteiger partial charge >= 0.3 is 7.82 Å². The predicted molar refractivity (Wildman–Crippen MR) is 104 cm³/mol. The first-order chi connectivity index (χ1) is 11.4. The fraction of sp³-hybridized carbons (Fsp3) is 1.00. The first-order valence-electron chi connectivity index (χ1n) is 9.69. The molecule has 25 heavy (non-hydrogen) atoms. The van der Waals surface area contributed by atoms with E-state index in [2.05, 4.69) is 39.1 Å². The number of rotatable bonds is 15. The average molecular weight is 381 g/mol. The third-order valence-electron chi connectivity index (χ3n) is 4.37. The lowest BCUT2D eigenvalue weighted by molar-refractivity contribution is 0.120. The second-order valence-corrected chi connectivity index (χ2v) is 10.3. The highest BCUT2D eigenvalue weighted by atomic mass is 31.2. The van der Waals surface area contributed by atoms with Gasteiger partial charge in [0.1, 0.15) is 0 Å². The van der Waals surface area contributed by atoms with E-state index in [-0.39, 0.29) is 12.0 Å². The van der Waals surface area contributed by atoms with Crippen LogP contribution in [0.15, 0.2) is 0 Å². The molecule has 5 nitrogen and oxygen atoms in total. The minimum atomic E-state index is -4.30. The molecule has 0 rings (SSSR count). The molecule has 0 saturated carbocycles. The smallest absolute Gasteiger partial charge is 0.381 e. The van der Waals surface area contributed by atoms with E-state index in [9.17, 15) is 4.57 Å². The minimum absolute atomic E-state index is 0.128. The van der Waals surface area contributed by atoms with Crippen molar-refractivity contribution in [2.75, 3.05) is 19.8 Å². The molecule has 0 aromatic heterocycles. The van der Waals surface area contributed by atoms with Crippen molar-refractivity contribution in [2.24, 2.45) is 10.8 Å². The van der Waals surface area contributed by atoms with Gasteiger partial charge in [0.25, 0.3) is 0 Å². The summed E-state index contributed by atoms with van der Waals surface area (Å²) in [4.78, 5) is 17.2. The van der Waals surface area contributed by atoms with Gasteiger partial charge in [-0.15, -0.1) is 0 Å². The number of phosphoric acid groups is 1. The van der Waals surface area contributed by atoms with Crippen LogP contribution >= 0.6 is 7.82 Å². The Kier molecular flexibility index (Phi) is 12.5. The zero-order chi connectivity index (χ0) is 19.4. The molecule has 0 aliphatic carbocycles. The lowest BCUT2D eigenvalue weighted by Crippen LogP contribution is -2.12. The summed E-state index contributed by atoms with van der Waals surface area (Å²) < 4.78 is 20.8. The van der Waals surface area contributed by atoms with Gasteiger partial charge in [-0.1, -0.05) is 53.9 Å². The SMILES string of the molecule is CC(C)(C)CCCCOCCCCC(C)(C)CCCCOP(=O)(O)O. The van der Waals surface area contributed by atoms with Crippen LogP contribution in [-0.4, -0.2) is 29.6 Å². The molecule has 0 fully saturated rings. The standard InChI is InChI=1S/C19H41O5P/c1-18(2,3)12-6-9-15-23-16-10-7-13-19(4,5)14-8-11-17-24-25(20,21)22/h6-17H2,1-5H3,(H2,20,21,22). The van der Waals surface area contributed by atoms with Crippen LogP contribution in [0.1, 0.15) is 92.4 Å². The lowest BCUT2D eigenvalue weighted by atomic mass is 9.82. The summed E-state index contributed by atoms with van der Waals surface area (Å²) in [5, 5.41) is 0. The topological polar surface area (TPSA) is 76.0 Å². The van der Waals surface area contributed by atoms with E-state index in [0.29, 0.717) is 11.8 Å². The minimum Gasteiger partial charge on any atom is -0.381 e. The summed E-state index contributed by atoms with van der Waals surface area (Å²) in [6.07, 6.45) is 9.72. The Morgan fingerprint density at radius 1 is 0.720 bits per heavy atom. The van der Waals surface area contributed by atoms with Crippen molar-refractivity contribution in [1.29, 1.82) is 0 Å². The molecule has 2 N–H and O–H groups in total. The number of ether oxygens (including phenoxy) is 1. The monoisotopic (exact) mass is 380 g/mol. The van der Waals surface area contributed by atoms with Gasteiger partial charge in [0.15, 0.2) is 0 Å². The molecule has 0 aliphatic heterocycles. The van der Waals surface area contributed by atoms with Crippen LogP contribution in [0.25, 0.3) is 0 Å². The Labute approximate surface area is 155 Å². The molecule has 0 atom stereocenters. The molecule has 0 radical (unpaired) electrons. The van der Waals surface area contributed by atoms with Gasteiger partial charge in [0.2, 0.25) is 0 Å². The summed E-state index contributed by atoms with van der Waals surface area (Å²) in [5.41, 5.74) is 0.683. The van der Waals surface area contributed by atoms with Crippen molar-refractivity contribution in [3.8, 4) is 0 Å². The van der Waals surface area contributed by atoms with Crippen LogP contribution in [0.4, 0.5) is 0 Å². The van der Waals surface area contributed by atoms with Crippen LogP contribution < -0.4 is 0 Å². The van der Waals surface area contributed by atoms with E-state index in [1.165, 1.54) is 12.8 Å². The molecule has 0 amide bonds. The van der Waals surface area contributed by atoms with E-state index in [0.717, 1.165) is 51.7 Å². The first kappa shape index (κ1) is 25.1. The number of hydrogen-bond donors (Lipinski definition) is 2. The Hall–Kier alpha value is 0.0700. The number of unbranched alkanes of at least 4 members (excludes halogenated alkanes) is 3. The third-order valence-corrected chi connectivity index (χ3v) is 4.88. The van der Waals surface area contributed by atoms with E-state index in [1.807, 2.05) is 0 Å². The average Bonchev–Trinajstić information content (AvgIpc) is 2.42. The van der Waals surface area contributed by atoms with Crippen molar-refractivity contribution < 1.29 is 23.6 Å². The molecule has 6 heteroatoms. The summed E-state index contributed by atoms with van der Waals surface area (Å²) >= 11 is 0. The Morgan fingerprint density at radius 2 is 1.16 bits per heavy atom. The molecule has 0 heterocycles. The second-order valence-electron chi connectivity index (χ2n) is 9.03. The highest BCUT2D eigenvalue weighted by Crippen LogP contribution is 2.36. The normalized spacial score (nSPS) is 13.4. The van der Waals surface area contributed by atoms with Crippen molar-refractivity contribution in [2.45, 2.75) is 92.4 Å². The van der Waals surface area contributed by atoms with Gasteiger partial charge in [-0.3, -0.25) is 4.52 Å². The number of phosphoric ester groups is 1. The quantitative estimate of drug-likeness (QED) is 0.282. The van der Waals surface area contributed by atoms with Crippen molar-refractivity contribution in [3.05, 3.63) is 0 Å². The molecular weight excluding hydrogens is 339 g/mol. The fourth-order valence-corrected chi connectivity index (χ4v) is 3.15. The van der Waals surface area contributed by atoms with E-state index in [4.69, 9.17) is 14.5 Å². The van der Waals surface area contributed by atoms with Crippen molar-refractivity contribution in [1.82, 2.24) is 0 Å². The summed E-state index contributed by atoms with van der Waals surface area (Å²) in [5.74, 6) is 0. The van der Waals surface area contributed by atoms with Crippen LogP contribution in [0, 0.1) is 10.8 Å². The molecule has 152 valence electrons. The van der Waals surface area contributed by atoms with Gasteiger partial charge in [-0.05, 0) is 49.4 Å². The van der Waals surface area contributed by atoms with Gasteiger partial charge < -0.3 is 14.5 Å². The molecule has 0 spiro atoms. The Balaban J connectivity index is 3.49. The molecule has 0 aromatic rings.